The zero-order valence-corrected chi connectivity index (χ0v) is 9.36. The van der Waals surface area contributed by atoms with Crippen LogP contribution in [0.25, 0.3) is 0 Å². The third kappa shape index (κ3) is 1.87. The lowest BCUT2D eigenvalue weighted by Gasteiger charge is -2.25. The number of ether oxygens (including phenoxy) is 1. The first-order valence-electron chi connectivity index (χ1n) is 5.47. The molecule has 1 fully saturated rings. The molecule has 0 saturated heterocycles. The third-order valence-corrected chi connectivity index (χ3v) is 2.90. The molecule has 1 saturated carbocycles. The Morgan fingerprint density at radius 1 is 1.47 bits per heavy atom. The second-order valence-corrected chi connectivity index (χ2v) is 3.91. The van der Waals surface area contributed by atoms with Crippen LogP contribution in [-0.4, -0.2) is 19.7 Å². The number of nitrogens with two attached hydrogens (primary N) is 1. The van der Waals surface area contributed by atoms with Gasteiger partial charge in [-0.15, -0.1) is 0 Å². The van der Waals surface area contributed by atoms with E-state index in [1.165, 1.54) is 12.8 Å². The number of anilines is 2. The maximum Gasteiger partial charge on any atom is 0.143 e. The Hall–Kier alpha value is -1.38. The minimum Gasteiger partial charge on any atom is -0.495 e. The van der Waals surface area contributed by atoms with Gasteiger partial charge < -0.3 is 15.4 Å². The molecule has 2 rings (SSSR count). The van der Waals surface area contributed by atoms with E-state index >= 15 is 0 Å². The molecule has 0 atom stereocenters. The summed E-state index contributed by atoms with van der Waals surface area (Å²) in [5.41, 5.74) is 7.94. The summed E-state index contributed by atoms with van der Waals surface area (Å²) in [4.78, 5) is 2.36. The lowest BCUT2D eigenvalue weighted by Crippen LogP contribution is -2.25. The molecule has 1 aliphatic rings. The molecule has 1 aromatic rings. The standard InChI is InChI=1S/C12H18N2O/c1-3-14(9-7-8-9)10-5-4-6-11(15-2)12(10)13/h4-6,9H,3,7-8,13H2,1-2H3. The summed E-state index contributed by atoms with van der Waals surface area (Å²) in [6.07, 6.45) is 2.56. The van der Waals surface area contributed by atoms with Gasteiger partial charge in [-0.05, 0) is 31.9 Å². The highest BCUT2D eigenvalue weighted by Gasteiger charge is 2.29. The minimum absolute atomic E-state index is 0.685. The fourth-order valence-corrected chi connectivity index (χ4v) is 1.97. The number of nitrogens with zero attached hydrogens (tertiary/aromatic N) is 1. The lowest BCUT2D eigenvalue weighted by molar-refractivity contribution is 0.417. The van der Waals surface area contributed by atoms with Crippen LogP contribution in [0.1, 0.15) is 19.8 Å². The van der Waals surface area contributed by atoms with E-state index in [0.717, 1.165) is 23.7 Å². The van der Waals surface area contributed by atoms with Gasteiger partial charge >= 0.3 is 0 Å². The Bertz CT molecular complexity index is 347. The van der Waals surface area contributed by atoms with Crippen molar-refractivity contribution in [1.29, 1.82) is 0 Å². The number of hydrogen-bond donors (Lipinski definition) is 1. The molecule has 0 aliphatic heterocycles. The fourth-order valence-electron chi connectivity index (χ4n) is 1.97. The number of nitrogen functional groups attached to an aromatic ring is 1. The Labute approximate surface area is 90.8 Å². The summed E-state index contributed by atoms with van der Waals surface area (Å²) >= 11 is 0. The summed E-state index contributed by atoms with van der Waals surface area (Å²) in [5, 5.41) is 0. The summed E-state index contributed by atoms with van der Waals surface area (Å²) in [6, 6.07) is 6.65. The zero-order valence-electron chi connectivity index (χ0n) is 9.36. The molecule has 3 heteroatoms. The molecule has 0 bridgehead atoms. The first-order chi connectivity index (χ1) is 7.27. The minimum atomic E-state index is 0.685. The van der Waals surface area contributed by atoms with Gasteiger partial charge in [0.1, 0.15) is 5.75 Å². The first-order valence-corrected chi connectivity index (χ1v) is 5.47. The molecule has 2 N–H and O–H groups in total. The molecule has 0 amide bonds. The van der Waals surface area contributed by atoms with Crippen LogP contribution in [-0.2, 0) is 0 Å². The normalized spacial score (nSPS) is 15.1. The van der Waals surface area contributed by atoms with Gasteiger partial charge in [0.15, 0.2) is 0 Å². The van der Waals surface area contributed by atoms with Crippen molar-refractivity contribution < 1.29 is 4.74 Å². The van der Waals surface area contributed by atoms with Gasteiger partial charge in [-0.3, -0.25) is 0 Å². The summed E-state index contributed by atoms with van der Waals surface area (Å²) in [5.74, 6) is 0.770. The number of para-hydroxylation sites is 1. The van der Waals surface area contributed by atoms with Gasteiger partial charge in [0.25, 0.3) is 0 Å². The summed E-state index contributed by atoms with van der Waals surface area (Å²) in [6.45, 7) is 3.17. The van der Waals surface area contributed by atoms with Crippen molar-refractivity contribution in [3.63, 3.8) is 0 Å². The quantitative estimate of drug-likeness (QED) is 0.768. The predicted molar refractivity (Wildman–Crippen MR) is 63.4 cm³/mol. The van der Waals surface area contributed by atoms with Gasteiger partial charge in [0, 0.05) is 12.6 Å². The highest BCUT2D eigenvalue weighted by atomic mass is 16.5. The molecule has 3 nitrogen and oxygen atoms in total. The van der Waals surface area contributed by atoms with Crippen molar-refractivity contribution in [3.05, 3.63) is 18.2 Å². The van der Waals surface area contributed by atoms with Crippen LogP contribution in [0.3, 0.4) is 0 Å². The van der Waals surface area contributed by atoms with E-state index in [4.69, 9.17) is 10.5 Å². The Morgan fingerprint density at radius 2 is 2.20 bits per heavy atom. The van der Waals surface area contributed by atoms with Crippen LogP contribution >= 0.6 is 0 Å². The molecule has 0 heterocycles. The van der Waals surface area contributed by atoms with Gasteiger partial charge in [-0.1, -0.05) is 6.07 Å². The zero-order chi connectivity index (χ0) is 10.8. The van der Waals surface area contributed by atoms with Crippen LogP contribution in [0.4, 0.5) is 11.4 Å². The second-order valence-electron chi connectivity index (χ2n) is 3.91. The molecule has 0 aromatic heterocycles. The van der Waals surface area contributed by atoms with E-state index < -0.39 is 0 Å². The molecular formula is C12H18N2O. The molecule has 1 aliphatic carbocycles. The maximum atomic E-state index is 6.07. The maximum absolute atomic E-state index is 6.07. The van der Waals surface area contributed by atoms with Gasteiger partial charge in [0.05, 0.1) is 18.5 Å². The molecule has 82 valence electrons. The van der Waals surface area contributed by atoms with Crippen molar-refractivity contribution in [2.45, 2.75) is 25.8 Å². The number of hydrogen-bond acceptors (Lipinski definition) is 3. The molecule has 0 unspecified atom stereocenters. The monoisotopic (exact) mass is 206 g/mol. The number of methoxy groups -OCH3 is 1. The van der Waals surface area contributed by atoms with Crippen LogP contribution in [0.2, 0.25) is 0 Å². The van der Waals surface area contributed by atoms with E-state index in [-0.39, 0.29) is 0 Å². The third-order valence-electron chi connectivity index (χ3n) is 2.90. The van der Waals surface area contributed by atoms with E-state index in [1.807, 2.05) is 12.1 Å². The number of benzene rings is 1. The van der Waals surface area contributed by atoms with Gasteiger partial charge in [-0.2, -0.15) is 0 Å². The number of rotatable bonds is 4. The van der Waals surface area contributed by atoms with Crippen LogP contribution in [0.5, 0.6) is 5.75 Å². The SMILES string of the molecule is CCN(c1cccc(OC)c1N)C1CC1. The molecule has 0 radical (unpaired) electrons. The van der Waals surface area contributed by atoms with Gasteiger partial charge in [-0.25, -0.2) is 0 Å². The summed E-state index contributed by atoms with van der Waals surface area (Å²) < 4.78 is 5.23. The van der Waals surface area contributed by atoms with E-state index in [9.17, 15) is 0 Å². The van der Waals surface area contributed by atoms with Crippen molar-refractivity contribution in [3.8, 4) is 5.75 Å². The highest BCUT2D eigenvalue weighted by Crippen LogP contribution is 2.38. The Balaban J connectivity index is 2.33. The predicted octanol–water partition coefficient (Wildman–Crippen LogP) is 2.27. The smallest absolute Gasteiger partial charge is 0.143 e. The molecular weight excluding hydrogens is 188 g/mol. The highest BCUT2D eigenvalue weighted by molar-refractivity contribution is 5.74. The topological polar surface area (TPSA) is 38.5 Å². The van der Waals surface area contributed by atoms with Crippen molar-refractivity contribution in [1.82, 2.24) is 0 Å². The largest absolute Gasteiger partial charge is 0.495 e. The average Bonchev–Trinajstić information content (AvgIpc) is 3.06. The van der Waals surface area contributed by atoms with Crippen molar-refractivity contribution in [2.24, 2.45) is 0 Å². The second kappa shape index (κ2) is 4.01. The summed E-state index contributed by atoms with van der Waals surface area (Å²) in [7, 11) is 1.66. The van der Waals surface area contributed by atoms with Crippen molar-refractivity contribution >= 4 is 11.4 Å². The van der Waals surface area contributed by atoms with E-state index in [2.05, 4.69) is 17.9 Å². The van der Waals surface area contributed by atoms with E-state index in [0.29, 0.717) is 6.04 Å². The van der Waals surface area contributed by atoms with E-state index in [1.54, 1.807) is 7.11 Å². The van der Waals surface area contributed by atoms with Crippen LogP contribution in [0, 0.1) is 0 Å². The molecule has 0 spiro atoms. The lowest BCUT2D eigenvalue weighted by atomic mass is 10.2. The van der Waals surface area contributed by atoms with Crippen molar-refractivity contribution in [2.75, 3.05) is 24.3 Å². The first kappa shape index (κ1) is 10.1. The molecule has 15 heavy (non-hydrogen) atoms. The Morgan fingerprint density at radius 3 is 2.73 bits per heavy atom. The fraction of sp³-hybridized carbons (Fsp3) is 0.500. The van der Waals surface area contributed by atoms with Crippen LogP contribution in [0.15, 0.2) is 18.2 Å². The Kier molecular flexibility index (Phi) is 2.71. The van der Waals surface area contributed by atoms with Crippen LogP contribution < -0.4 is 15.4 Å². The van der Waals surface area contributed by atoms with Gasteiger partial charge in [0.2, 0.25) is 0 Å². The molecule has 1 aromatic carbocycles. The average molecular weight is 206 g/mol.